The molecule has 1 aromatic carbocycles. The van der Waals surface area contributed by atoms with Crippen molar-refractivity contribution in [1.29, 1.82) is 0 Å². The van der Waals surface area contributed by atoms with E-state index in [-0.39, 0.29) is 24.3 Å². The molecule has 4 rings (SSSR count). The Kier molecular flexibility index (Phi) is 6.77. The lowest BCUT2D eigenvalue weighted by Gasteiger charge is -2.34. The van der Waals surface area contributed by atoms with E-state index in [1.165, 1.54) is 35.1 Å². The zero-order valence-electron chi connectivity index (χ0n) is 17.3. The summed E-state index contributed by atoms with van der Waals surface area (Å²) in [6.45, 7) is 1.95. The second-order valence-electron chi connectivity index (χ2n) is 8.13. The Bertz CT molecular complexity index is 848. The van der Waals surface area contributed by atoms with Gasteiger partial charge in [0.1, 0.15) is 6.54 Å². The number of amides is 3. The van der Waals surface area contributed by atoms with E-state index < -0.39 is 5.25 Å². The fourth-order valence-electron chi connectivity index (χ4n) is 4.33. The Morgan fingerprint density at radius 2 is 1.90 bits per heavy atom. The molecule has 1 N–H and O–H groups in total. The molecule has 1 aromatic rings. The van der Waals surface area contributed by atoms with Gasteiger partial charge in [0.05, 0.1) is 5.69 Å². The molecule has 160 valence electrons. The third-order valence-corrected chi connectivity index (χ3v) is 7.23. The van der Waals surface area contributed by atoms with Crippen LogP contribution in [0.2, 0.25) is 0 Å². The fraction of sp³-hybridized carbons (Fsp3) is 0.522. The largest absolute Gasteiger partial charge is 0.354 e. The van der Waals surface area contributed by atoms with E-state index >= 15 is 0 Å². The topological polar surface area (TPSA) is 69.7 Å². The third-order valence-electron chi connectivity index (χ3n) is 5.99. The molecular formula is C23H29N3O3S. The van der Waals surface area contributed by atoms with Crippen molar-refractivity contribution in [2.75, 3.05) is 31.1 Å². The van der Waals surface area contributed by atoms with Gasteiger partial charge in [0, 0.05) is 24.5 Å². The minimum atomic E-state index is -0.807. The summed E-state index contributed by atoms with van der Waals surface area (Å²) in [5.41, 5.74) is 2.12. The number of benzene rings is 1. The molecule has 0 unspecified atom stereocenters. The highest BCUT2D eigenvalue weighted by molar-refractivity contribution is 8.01. The number of carbonyl (C=O) groups excluding carboxylic acids is 3. The van der Waals surface area contributed by atoms with Crippen molar-refractivity contribution in [3.8, 4) is 0 Å². The summed E-state index contributed by atoms with van der Waals surface area (Å²) < 4.78 is 0. The molecule has 1 fully saturated rings. The molecular weight excluding hydrogens is 398 g/mol. The van der Waals surface area contributed by atoms with Gasteiger partial charge in [-0.1, -0.05) is 23.8 Å². The van der Waals surface area contributed by atoms with Gasteiger partial charge in [0.25, 0.3) is 5.91 Å². The van der Waals surface area contributed by atoms with Gasteiger partial charge < -0.3 is 15.1 Å². The van der Waals surface area contributed by atoms with Crippen LogP contribution >= 0.6 is 11.8 Å². The predicted molar refractivity (Wildman–Crippen MR) is 118 cm³/mol. The molecule has 7 heteroatoms. The first-order chi connectivity index (χ1) is 14.6. The number of thioether (sulfide) groups is 1. The zero-order chi connectivity index (χ0) is 20.9. The average Bonchev–Trinajstić information content (AvgIpc) is 3.31. The number of likely N-dealkylation sites (tertiary alicyclic amines) is 1. The van der Waals surface area contributed by atoms with Crippen LogP contribution in [-0.4, -0.2) is 54.1 Å². The van der Waals surface area contributed by atoms with Gasteiger partial charge >= 0.3 is 0 Å². The van der Waals surface area contributed by atoms with Gasteiger partial charge in [-0.25, -0.2) is 0 Å². The highest BCUT2D eigenvalue weighted by atomic mass is 32.2. The highest BCUT2D eigenvalue weighted by Gasteiger charge is 2.41. The summed E-state index contributed by atoms with van der Waals surface area (Å²) in [7, 11) is 0. The fourth-order valence-corrected chi connectivity index (χ4v) is 5.52. The Hall–Kier alpha value is -2.28. The van der Waals surface area contributed by atoms with Gasteiger partial charge in [-0.3, -0.25) is 14.4 Å². The van der Waals surface area contributed by atoms with Crippen LogP contribution in [0.25, 0.3) is 0 Å². The van der Waals surface area contributed by atoms with Gasteiger partial charge in [0.15, 0.2) is 5.25 Å². The number of fused-ring (bicyclic) bond motifs is 1. The Balaban J connectivity index is 1.42. The van der Waals surface area contributed by atoms with Crippen molar-refractivity contribution in [3.63, 3.8) is 0 Å². The molecule has 0 bridgehead atoms. The molecule has 30 heavy (non-hydrogen) atoms. The van der Waals surface area contributed by atoms with Crippen LogP contribution in [0, 0.1) is 0 Å². The first-order valence-electron chi connectivity index (χ1n) is 10.9. The Morgan fingerprint density at radius 1 is 1.10 bits per heavy atom. The number of allylic oxidation sites excluding steroid dienone is 1. The summed E-state index contributed by atoms with van der Waals surface area (Å²) in [6, 6.07) is 7.51. The zero-order valence-corrected chi connectivity index (χ0v) is 18.1. The summed E-state index contributed by atoms with van der Waals surface area (Å²) in [5, 5.41) is 2.14. The summed E-state index contributed by atoms with van der Waals surface area (Å²) in [6.07, 6.45) is 9.84. The van der Waals surface area contributed by atoms with E-state index in [4.69, 9.17) is 0 Å². The maximum atomic E-state index is 13.2. The van der Waals surface area contributed by atoms with E-state index in [1.807, 2.05) is 24.3 Å². The molecule has 0 saturated carbocycles. The molecule has 0 radical (unpaired) electrons. The molecule has 1 saturated heterocycles. The molecule has 6 nitrogen and oxygen atoms in total. The van der Waals surface area contributed by atoms with Crippen LogP contribution in [-0.2, 0) is 14.4 Å². The summed E-state index contributed by atoms with van der Waals surface area (Å²) in [5.74, 6) is -0.610. The standard InChI is InChI=1S/C23H29N3O3S/c27-20(24-13-12-17-8-2-1-3-9-17)16-26-18-10-4-5-11-19(18)30-21(23(26)29)22(28)25-14-6-7-15-25/h4-5,8,10-11,21H,1-3,6-7,9,12-16H2,(H,24,27)/t21-/m0/s1. The van der Waals surface area contributed by atoms with Gasteiger partial charge in [0.2, 0.25) is 11.8 Å². The third kappa shape index (κ3) is 4.72. The van der Waals surface area contributed by atoms with Crippen LogP contribution in [0.15, 0.2) is 40.8 Å². The van der Waals surface area contributed by atoms with Crippen molar-refractivity contribution < 1.29 is 14.4 Å². The van der Waals surface area contributed by atoms with Gasteiger partial charge in [-0.2, -0.15) is 0 Å². The van der Waals surface area contributed by atoms with E-state index in [2.05, 4.69) is 11.4 Å². The van der Waals surface area contributed by atoms with Crippen LogP contribution in [0.3, 0.4) is 0 Å². The molecule has 2 aliphatic heterocycles. The lowest BCUT2D eigenvalue weighted by atomic mass is 9.97. The normalized spacial score (nSPS) is 21.3. The lowest BCUT2D eigenvalue weighted by molar-refractivity contribution is -0.134. The molecule has 2 heterocycles. The minimum absolute atomic E-state index is 0.0563. The Morgan fingerprint density at radius 3 is 2.67 bits per heavy atom. The summed E-state index contributed by atoms with van der Waals surface area (Å²) in [4.78, 5) is 42.9. The maximum Gasteiger partial charge on any atom is 0.250 e. The second-order valence-corrected chi connectivity index (χ2v) is 9.28. The first kappa shape index (κ1) is 21.0. The van der Waals surface area contributed by atoms with E-state index in [0.717, 1.165) is 37.0 Å². The van der Waals surface area contributed by atoms with Crippen LogP contribution in [0.1, 0.15) is 44.9 Å². The number of para-hydroxylation sites is 1. The number of hydrogen-bond donors (Lipinski definition) is 1. The molecule has 3 amide bonds. The Labute approximate surface area is 182 Å². The maximum absolute atomic E-state index is 13.2. The molecule has 3 aliphatic rings. The van der Waals surface area contributed by atoms with Crippen LogP contribution in [0.4, 0.5) is 5.69 Å². The average molecular weight is 428 g/mol. The monoisotopic (exact) mass is 427 g/mol. The smallest absolute Gasteiger partial charge is 0.250 e. The predicted octanol–water partition coefficient (Wildman–Crippen LogP) is 3.12. The second kappa shape index (κ2) is 9.69. The van der Waals surface area contributed by atoms with Crippen molar-refractivity contribution in [3.05, 3.63) is 35.9 Å². The van der Waals surface area contributed by atoms with E-state index in [0.29, 0.717) is 25.3 Å². The van der Waals surface area contributed by atoms with Crippen molar-refractivity contribution in [2.24, 2.45) is 0 Å². The molecule has 1 aliphatic carbocycles. The van der Waals surface area contributed by atoms with Gasteiger partial charge in [-0.05, 0) is 57.1 Å². The van der Waals surface area contributed by atoms with Crippen molar-refractivity contribution in [2.45, 2.75) is 55.1 Å². The first-order valence-corrected chi connectivity index (χ1v) is 11.8. The number of rotatable bonds is 6. The molecule has 0 aromatic heterocycles. The van der Waals surface area contributed by atoms with Crippen molar-refractivity contribution in [1.82, 2.24) is 10.2 Å². The van der Waals surface area contributed by atoms with Crippen LogP contribution < -0.4 is 10.2 Å². The molecule has 1 atom stereocenters. The quantitative estimate of drug-likeness (QED) is 0.559. The number of nitrogens with zero attached hydrogens (tertiary/aromatic N) is 2. The number of nitrogens with one attached hydrogen (secondary N) is 1. The van der Waals surface area contributed by atoms with Crippen molar-refractivity contribution >= 4 is 35.2 Å². The summed E-state index contributed by atoms with van der Waals surface area (Å²) >= 11 is 1.31. The molecule has 0 spiro atoms. The lowest BCUT2D eigenvalue weighted by Crippen LogP contribution is -2.51. The number of carbonyl (C=O) groups is 3. The SMILES string of the molecule is O=C(CN1C(=O)[C@H](C(=O)N2CCCC2)Sc2ccccc21)NCCC1=CCCCC1. The van der Waals surface area contributed by atoms with E-state index in [1.54, 1.807) is 4.90 Å². The minimum Gasteiger partial charge on any atom is -0.354 e. The number of anilines is 1. The van der Waals surface area contributed by atoms with Crippen LogP contribution in [0.5, 0.6) is 0 Å². The highest BCUT2D eigenvalue weighted by Crippen LogP contribution is 2.39. The number of hydrogen-bond acceptors (Lipinski definition) is 4. The van der Waals surface area contributed by atoms with Gasteiger partial charge in [-0.15, -0.1) is 11.8 Å². The van der Waals surface area contributed by atoms with E-state index in [9.17, 15) is 14.4 Å².